The normalized spacial score (nSPS) is 12.6. The first-order valence-electron chi connectivity index (χ1n) is 11.3. The Balaban J connectivity index is 2.08. The van der Waals surface area contributed by atoms with Crippen LogP contribution in [0.4, 0.5) is 0 Å². The van der Waals surface area contributed by atoms with Crippen LogP contribution in [0.15, 0.2) is 54.2 Å². The number of nitrogens with zero attached hydrogens (tertiary/aromatic N) is 1. The molecule has 0 aliphatic heterocycles. The Morgan fingerprint density at radius 3 is 2.50 bits per heavy atom. The molecule has 2 N–H and O–H groups in total. The third-order valence-corrected chi connectivity index (χ3v) is 5.39. The zero-order valence-corrected chi connectivity index (χ0v) is 22.2. The molecule has 0 heterocycles. The van der Waals surface area contributed by atoms with Crippen molar-refractivity contribution in [3.8, 4) is 17.2 Å². The molecule has 2 atom stereocenters. The summed E-state index contributed by atoms with van der Waals surface area (Å²) < 4.78 is 16.7. The van der Waals surface area contributed by atoms with Gasteiger partial charge in [0.1, 0.15) is 18.4 Å². The molecule has 0 saturated carbocycles. The minimum absolute atomic E-state index is 0.129. The first kappa shape index (κ1) is 29.0. The highest BCUT2D eigenvalue weighted by molar-refractivity contribution is 6.35. The number of ether oxygens (including phenoxy) is 3. The van der Waals surface area contributed by atoms with Crippen LogP contribution in [0.3, 0.4) is 0 Å². The molecule has 36 heavy (non-hydrogen) atoms. The Hall–Kier alpha value is -3.23. The minimum Gasteiger partial charge on any atom is -0.493 e. The summed E-state index contributed by atoms with van der Waals surface area (Å²) in [6.45, 7) is 9.38. The average molecular weight is 536 g/mol. The Kier molecular flexibility index (Phi) is 11.6. The van der Waals surface area contributed by atoms with Gasteiger partial charge in [0.25, 0.3) is 11.8 Å². The van der Waals surface area contributed by atoms with Gasteiger partial charge in [0, 0.05) is 10.6 Å². The Morgan fingerprint density at radius 2 is 1.86 bits per heavy atom. The smallest absolute Gasteiger partial charge is 0.262 e. The predicted octanol–water partition coefficient (Wildman–Crippen LogP) is 5.02. The Labute approximate surface area is 221 Å². The van der Waals surface area contributed by atoms with Crippen molar-refractivity contribution in [2.24, 2.45) is 11.0 Å². The maximum Gasteiger partial charge on any atom is 0.262 e. The molecule has 194 valence electrons. The van der Waals surface area contributed by atoms with Gasteiger partial charge in [0.2, 0.25) is 0 Å². The highest BCUT2D eigenvalue weighted by atomic mass is 35.5. The number of hydrogen-bond acceptors (Lipinski definition) is 6. The van der Waals surface area contributed by atoms with E-state index in [1.807, 2.05) is 13.8 Å². The lowest BCUT2D eigenvalue weighted by Gasteiger charge is -2.22. The van der Waals surface area contributed by atoms with E-state index in [2.05, 4.69) is 22.4 Å². The van der Waals surface area contributed by atoms with Gasteiger partial charge in [-0.3, -0.25) is 9.59 Å². The molecule has 0 unspecified atom stereocenters. The molecule has 0 spiro atoms. The predicted molar refractivity (Wildman–Crippen MR) is 142 cm³/mol. The van der Waals surface area contributed by atoms with Gasteiger partial charge in [-0.2, -0.15) is 5.10 Å². The second-order valence-corrected chi connectivity index (χ2v) is 9.08. The number of methoxy groups -OCH3 is 1. The fourth-order valence-corrected chi connectivity index (χ4v) is 3.60. The number of rotatable bonds is 13. The number of halogens is 2. The van der Waals surface area contributed by atoms with E-state index in [4.69, 9.17) is 37.4 Å². The molecular weight excluding hydrogens is 505 g/mol. The van der Waals surface area contributed by atoms with Gasteiger partial charge in [0.15, 0.2) is 17.6 Å². The Bertz CT molecular complexity index is 1090. The summed E-state index contributed by atoms with van der Waals surface area (Å²) in [5.41, 5.74) is 3.09. The van der Waals surface area contributed by atoms with E-state index >= 15 is 0 Å². The number of para-hydroxylation sites is 1. The molecule has 0 aliphatic rings. The van der Waals surface area contributed by atoms with Gasteiger partial charge in [-0.1, -0.05) is 55.8 Å². The van der Waals surface area contributed by atoms with Crippen molar-refractivity contribution in [2.75, 3.05) is 13.7 Å². The van der Waals surface area contributed by atoms with Crippen LogP contribution in [0.5, 0.6) is 17.2 Å². The van der Waals surface area contributed by atoms with Crippen LogP contribution in [-0.4, -0.2) is 43.9 Å². The van der Waals surface area contributed by atoms with Crippen LogP contribution in [0, 0.1) is 5.92 Å². The van der Waals surface area contributed by atoms with Gasteiger partial charge in [-0.05, 0) is 49.6 Å². The van der Waals surface area contributed by atoms with Crippen LogP contribution in [0.1, 0.15) is 32.8 Å². The zero-order chi connectivity index (χ0) is 26.7. The number of carbonyl (C=O) groups is 2. The van der Waals surface area contributed by atoms with Gasteiger partial charge >= 0.3 is 0 Å². The molecule has 10 heteroatoms. The molecule has 2 aromatic rings. The molecule has 8 nitrogen and oxygen atoms in total. The van der Waals surface area contributed by atoms with E-state index in [1.165, 1.54) is 19.4 Å². The molecule has 0 fully saturated rings. The lowest BCUT2D eigenvalue weighted by atomic mass is 10.0. The lowest BCUT2D eigenvalue weighted by Crippen LogP contribution is -2.49. The Morgan fingerprint density at radius 1 is 1.11 bits per heavy atom. The van der Waals surface area contributed by atoms with E-state index in [9.17, 15) is 9.59 Å². The number of nitrogens with one attached hydrogen (secondary N) is 2. The van der Waals surface area contributed by atoms with Gasteiger partial charge in [0.05, 0.1) is 18.3 Å². The van der Waals surface area contributed by atoms with Crippen LogP contribution >= 0.6 is 23.2 Å². The fraction of sp³-hybridized carbons (Fsp3) is 0.346. The number of hydrogen-bond donors (Lipinski definition) is 2. The van der Waals surface area contributed by atoms with Crippen LogP contribution in [0.25, 0.3) is 0 Å². The summed E-state index contributed by atoms with van der Waals surface area (Å²) in [6.07, 6.45) is 2.55. The fourth-order valence-electron chi connectivity index (χ4n) is 3.14. The SMILES string of the molecule is C=CCOc1c(/C=N\NC(=O)[C@@H](CC(C)C)NC(=O)[C@@H](C)Oc2ccc(Cl)cc2Cl)cccc1OC. The van der Waals surface area contributed by atoms with Crippen molar-refractivity contribution in [3.05, 3.63) is 64.7 Å². The maximum atomic E-state index is 12.9. The van der Waals surface area contributed by atoms with Gasteiger partial charge < -0.3 is 19.5 Å². The van der Waals surface area contributed by atoms with Crippen molar-refractivity contribution >= 4 is 41.2 Å². The quantitative estimate of drug-likeness (QED) is 0.213. The van der Waals surface area contributed by atoms with Crippen molar-refractivity contribution in [1.82, 2.24) is 10.7 Å². The molecule has 0 bridgehead atoms. The second kappa shape index (κ2) is 14.4. The summed E-state index contributed by atoms with van der Waals surface area (Å²) in [4.78, 5) is 25.6. The first-order valence-corrected chi connectivity index (χ1v) is 12.1. The molecule has 0 aromatic heterocycles. The maximum absolute atomic E-state index is 12.9. The van der Waals surface area contributed by atoms with Gasteiger partial charge in [-0.25, -0.2) is 5.43 Å². The average Bonchev–Trinajstić information content (AvgIpc) is 2.83. The molecule has 0 saturated heterocycles. The molecule has 0 aliphatic carbocycles. The van der Waals surface area contributed by atoms with Crippen LogP contribution < -0.4 is 25.0 Å². The number of hydrazone groups is 1. The number of amides is 2. The van der Waals surface area contributed by atoms with E-state index in [1.54, 1.807) is 43.3 Å². The summed E-state index contributed by atoms with van der Waals surface area (Å²) in [7, 11) is 1.53. The lowest BCUT2D eigenvalue weighted by molar-refractivity contribution is -0.132. The monoisotopic (exact) mass is 535 g/mol. The third-order valence-electron chi connectivity index (χ3n) is 4.86. The second-order valence-electron chi connectivity index (χ2n) is 8.24. The van der Waals surface area contributed by atoms with Crippen molar-refractivity contribution in [2.45, 2.75) is 39.3 Å². The van der Waals surface area contributed by atoms with Crippen molar-refractivity contribution in [1.29, 1.82) is 0 Å². The molecule has 2 amide bonds. The van der Waals surface area contributed by atoms with Crippen molar-refractivity contribution < 1.29 is 23.8 Å². The van der Waals surface area contributed by atoms with E-state index in [-0.39, 0.29) is 17.5 Å². The molecule has 2 rings (SSSR count). The third kappa shape index (κ3) is 8.77. The zero-order valence-electron chi connectivity index (χ0n) is 20.7. The highest BCUT2D eigenvalue weighted by Gasteiger charge is 2.25. The molecule has 0 radical (unpaired) electrons. The molecule has 2 aromatic carbocycles. The topological polar surface area (TPSA) is 98.2 Å². The van der Waals surface area contributed by atoms with E-state index in [0.717, 1.165) is 0 Å². The van der Waals surface area contributed by atoms with E-state index in [0.29, 0.717) is 34.3 Å². The largest absolute Gasteiger partial charge is 0.493 e. The summed E-state index contributed by atoms with van der Waals surface area (Å²) >= 11 is 12.0. The van der Waals surface area contributed by atoms with Crippen molar-refractivity contribution in [3.63, 3.8) is 0 Å². The minimum atomic E-state index is -0.906. The standard InChI is InChI=1S/C26H31Cl2N3O5/c1-6-12-35-24-18(8-7-9-23(24)34-5)15-29-31-26(33)21(13-16(2)3)30-25(32)17(4)36-22-11-10-19(27)14-20(22)28/h6-11,14-17,21H,1,12-13H2,2-5H3,(H,30,32)(H,31,33)/b29-15-/t17-,21-/m1/s1. The van der Waals surface area contributed by atoms with Crippen LogP contribution in [0.2, 0.25) is 10.0 Å². The van der Waals surface area contributed by atoms with E-state index < -0.39 is 24.0 Å². The first-order chi connectivity index (χ1) is 17.2. The number of carbonyl (C=O) groups excluding carboxylic acids is 2. The summed E-state index contributed by atoms with van der Waals surface area (Å²) in [5.74, 6) is 0.485. The summed E-state index contributed by atoms with van der Waals surface area (Å²) in [5, 5.41) is 7.52. The van der Waals surface area contributed by atoms with Gasteiger partial charge in [-0.15, -0.1) is 0 Å². The van der Waals surface area contributed by atoms with Crippen LogP contribution in [-0.2, 0) is 9.59 Å². The summed E-state index contributed by atoms with van der Waals surface area (Å²) in [6, 6.07) is 9.17. The molecular formula is C26H31Cl2N3O5. The highest BCUT2D eigenvalue weighted by Crippen LogP contribution is 2.30. The number of benzene rings is 2.